The van der Waals surface area contributed by atoms with Gasteiger partial charge < -0.3 is 10.2 Å². The highest BCUT2D eigenvalue weighted by Crippen LogP contribution is 2.11. The second-order valence-electron chi connectivity index (χ2n) is 4.38. The molecule has 0 aliphatic carbocycles. The zero-order chi connectivity index (χ0) is 12.1. The van der Waals surface area contributed by atoms with Crippen molar-refractivity contribution in [1.82, 2.24) is 15.2 Å². The summed E-state index contributed by atoms with van der Waals surface area (Å²) < 4.78 is 0. The lowest BCUT2D eigenvalue weighted by Crippen LogP contribution is -2.30. The van der Waals surface area contributed by atoms with Gasteiger partial charge in [-0.1, -0.05) is 0 Å². The number of aromatic nitrogens is 1. The molecular weight excluding hydrogens is 234 g/mol. The van der Waals surface area contributed by atoms with Crippen LogP contribution in [-0.2, 0) is 11.3 Å². The fourth-order valence-corrected chi connectivity index (χ4v) is 2.76. The van der Waals surface area contributed by atoms with Crippen molar-refractivity contribution >= 4 is 17.2 Å². The molecule has 1 fully saturated rings. The first-order valence-electron chi connectivity index (χ1n) is 6.15. The van der Waals surface area contributed by atoms with Gasteiger partial charge >= 0.3 is 0 Å². The van der Waals surface area contributed by atoms with Crippen molar-refractivity contribution in [2.45, 2.75) is 32.7 Å². The number of hydrogen-bond donors (Lipinski definition) is 1. The number of rotatable bonds is 5. The Morgan fingerprint density at radius 2 is 2.29 bits per heavy atom. The van der Waals surface area contributed by atoms with E-state index in [9.17, 15) is 4.79 Å². The molecule has 5 heteroatoms. The first kappa shape index (κ1) is 12.5. The van der Waals surface area contributed by atoms with E-state index >= 15 is 0 Å². The van der Waals surface area contributed by atoms with Crippen LogP contribution in [0, 0.1) is 6.92 Å². The standard InChI is InChI=1S/C12H19N3OS/c1-10-11(17-9-14-10)8-13-5-4-12(16)15-6-2-3-7-15/h9,13H,2-8H2,1H3. The van der Waals surface area contributed by atoms with Gasteiger partial charge in [0.15, 0.2) is 0 Å². The predicted molar refractivity (Wildman–Crippen MR) is 69.0 cm³/mol. The molecule has 1 saturated heterocycles. The number of likely N-dealkylation sites (tertiary alicyclic amines) is 1. The zero-order valence-electron chi connectivity index (χ0n) is 10.2. The highest BCUT2D eigenvalue weighted by molar-refractivity contribution is 7.09. The molecule has 2 rings (SSSR count). The van der Waals surface area contributed by atoms with E-state index in [1.807, 2.05) is 17.3 Å². The highest BCUT2D eigenvalue weighted by atomic mass is 32.1. The number of aryl methyl sites for hydroxylation is 1. The minimum absolute atomic E-state index is 0.288. The van der Waals surface area contributed by atoms with Crippen LogP contribution >= 0.6 is 11.3 Å². The van der Waals surface area contributed by atoms with E-state index in [0.717, 1.165) is 31.9 Å². The van der Waals surface area contributed by atoms with Gasteiger partial charge in [-0.3, -0.25) is 4.79 Å². The Kier molecular flexibility index (Phi) is 4.50. The van der Waals surface area contributed by atoms with Crippen molar-refractivity contribution < 1.29 is 4.79 Å². The normalized spacial score (nSPS) is 15.5. The molecule has 0 bridgehead atoms. The van der Waals surface area contributed by atoms with Gasteiger partial charge in [0.1, 0.15) is 0 Å². The predicted octanol–water partition coefficient (Wildman–Crippen LogP) is 1.55. The Hall–Kier alpha value is -0.940. The largest absolute Gasteiger partial charge is 0.343 e. The average molecular weight is 253 g/mol. The summed E-state index contributed by atoms with van der Waals surface area (Å²) in [4.78, 5) is 19.2. The Balaban J connectivity index is 1.63. The summed E-state index contributed by atoms with van der Waals surface area (Å²) in [6.45, 7) is 5.50. The molecule has 2 heterocycles. The fourth-order valence-electron chi connectivity index (χ4n) is 2.02. The number of nitrogens with zero attached hydrogens (tertiary/aromatic N) is 2. The number of nitrogens with one attached hydrogen (secondary N) is 1. The molecule has 94 valence electrons. The topological polar surface area (TPSA) is 45.2 Å². The molecule has 1 amide bonds. The van der Waals surface area contributed by atoms with Gasteiger partial charge in [0.05, 0.1) is 11.2 Å². The van der Waals surface area contributed by atoms with Gasteiger partial charge in [0.25, 0.3) is 0 Å². The summed E-state index contributed by atoms with van der Waals surface area (Å²) in [6.07, 6.45) is 2.94. The Bertz CT molecular complexity index is 372. The minimum Gasteiger partial charge on any atom is -0.343 e. The van der Waals surface area contributed by atoms with E-state index in [1.165, 1.54) is 17.7 Å². The van der Waals surface area contributed by atoms with Gasteiger partial charge in [0.2, 0.25) is 5.91 Å². The maximum atomic E-state index is 11.7. The van der Waals surface area contributed by atoms with Gasteiger partial charge in [-0.15, -0.1) is 11.3 Å². The molecule has 0 spiro atoms. The molecule has 17 heavy (non-hydrogen) atoms. The van der Waals surface area contributed by atoms with Gasteiger partial charge in [-0.2, -0.15) is 0 Å². The molecule has 1 aliphatic rings. The second kappa shape index (κ2) is 6.12. The molecular formula is C12H19N3OS. The summed E-state index contributed by atoms with van der Waals surface area (Å²) in [6, 6.07) is 0. The summed E-state index contributed by atoms with van der Waals surface area (Å²) in [7, 11) is 0. The van der Waals surface area contributed by atoms with Crippen molar-refractivity contribution in [2.24, 2.45) is 0 Å². The summed E-state index contributed by atoms with van der Waals surface area (Å²) in [5, 5.41) is 3.31. The number of carbonyl (C=O) groups is 1. The van der Waals surface area contributed by atoms with Crippen LogP contribution in [0.25, 0.3) is 0 Å². The van der Waals surface area contributed by atoms with E-state index in [4.69, 9.17) is 0 Å². The molecule has 1 N–H and O–H groups in total. The maximum absolute atomic E-state index is 11.7. The highest BCUT2D eigenvalue weighted by Gasteiger charge is 2.16. The van der Waals surface area contributed by atoms with Crippen LogP contribution in [-0.4, -0.2) is 35.4 Å². The van der Waals surface area contributed by atoms with Crippen LogP contribution in [0.2, 0.25) is 0 Å². The number of carbonyl (C=O) groups excluding carboxylic acids is 1. The van der Waals surface area contributed by atoms with E-state index < -0.39 is 0 Å². The van der Waals surface area contributed by atoms with Crippen molar-refractivity contribution in [3.63, 3.8) is 0 Å². The quantitative estimate of drug-likeness (QED) is 0.810. The zero-order valence-corrected chi connectivity index (χ0v) is 11.1. The monoisotopic (exact) mass is 253 g/mol. The summed E-state index contributed by atoms with van der Waals surface area (Å²) >= 11 is 1.66. The number of hydrogen-bond acceptors (Lipinski definition) is 4. The third-order valence-electron chi connectivity index (χ3n) is 3.10. The summed E-state index contributed by atoms with van der Waals surface area (Å²) in [5.41, 5.74) is 2.95. The van der Waals surface area contributed by atoms with Crippen LogP contribution in [0.1, 0.15) is 29.8 Å². The van der Waals surface area contributed by atoms with Crippen molar-refractivity contribution in [3.05, 3.63) is 16.1 Å². The number of amides is 1. The minimum atomic E-state index is 0.288. The third kappa shape index (κ3) is 3.51. The second-order valence-corrected chi connectivity index (χ2v) is 5.31. The van der Waals surface area contributed by atoms with Gasteiger partial charge in [-0.05, 0) is 19.8 Å². The molecule has 0 radical (unpaired) electrons. The SMILES string of the molecule is Cc1ncsc1CNCCC(=O)N1CCCC1. The molecule has 0 aromatic carbocycles. The van der Waals surface area contributed by atoms with Crippen molar-refractivity contribution in [1.29, 1.82) is 0 Å². The van der Waals surface area contributed by atoms with Crippen molar-refractivity contribution in [3.8, 4) is 0 Å². The third-order valence-corrected chi connectivity index (χ3v) is 4.04. The van der Waals surface area contributed by atoms with E-state index in [-0.39, 0.29) is 5.91 Å². The Morgan fingerprint density at radius 3 is 2.94 bits per heavy atom. The molecule has 0 atom stereocenters. The molecule has 4 nitrogen and oxygen atoms in total. The van der Waals surface area contributed by atoms with Gasteiger partial charge in [-0.25, -0.2) is 4.98 Å². The molecule has 1 aromatic heterocycles. The van der Waals surface area contributed by atoms with E-state index in [0.29, 0.717) is 6.42 Å². The molecule has 0 unspecified atom stereocenters. The van der Waals surface area contributed by atoms with Crippen LogP contribution in [0.3, 0.4) is 0 Å². The first-order chi connectivity index (χ1) is 8.27. The average Bonchev–Trinajstić information content (AvgIpc) is 2.96. The molecule has 1 aliphatic heterocycles. The Labute approximate surface area is 106 Å². The number of thiazole rings is 1. The lowest BCUT2D eigenvalue weighted by atomic mass is 10.3. The molecule has 0 saturated carbocycles. The Morgan fingerprint density at radius 1 is 1.53 bits per heavy atom. The van der Waals surface area contributed by atoms with E-state index in [2.05, 4.69) is 10.3 Å². The van der Waals surface area contributed by atoms with E-state index in [1.54, 1.807) is 11.3 Å². The summed E-state index contributed by atoms with van der Waals surface area (Å²) in [5.74, 6) is 0.288. The van der Waals surface area contributed by atoms with Gasteiger partial charge in [0, 0.05) is 37.5 Å². The lowest BCUT2D eigenvalue weighted by Gasteiger charge is -2.15. The van der Waals surface area contributed by atoms with Crippen LogP contribution < -0.4 is 5.32 Å². The first-order valence-corrected chi connectivity index (χ1v) is 7.03. The fraction of sp³-hybridized carbons (Fsp3) is 0.667. The van der Waals surface area contributed by atoms with Crippen molar-refractivity contribution in [2.75, 3.05) is 19.6 Å². The van der Waals surface area contributed by atoms with Crippen LogP contribution in [0.15, 0.2) is 5.51 Å². The van der Waals surface area contributed by atoms with Crippen LogP contribution in [0.4, 0.5) is 0 Å². The molecule has 1 aromatic rings. The lowest BCUT2D eigenvalue weighted by molar-refractivity contribution is -0.130. The maximum Gasteiger partial charge on any atom is 0.223 e. The van der Waals surface area contributed by atoms with Crippen LogP contribution in [0.5, 0.6) is 0 Å². The smallest absolute Gasteiger partial charge is 0.223 e.